The smallest absolute Gasteiger partial charge is 0.409 e. The van der Waals surface area contributed by atoms with Crippen LogP contribution in [0.15, 0.2) is 35.3 Å². The summed E-state index contributed by atoms with van der Waals surface area (Å²) in [5, 5.41) is 7.72. The number of likely N-dealkylation sites (tertiary alicyclic amines) is 1. The van der Waals surface area contributed by atoms with Gasteiger partial charge in [0.15, 0.2) is 0 Å². The highest BCUT2D eigenvalue weighted by Crippen LogP contribution is 2.20. The summed E-state index contributed by atoms with van der Waals surface area (Å²) in [5.74, 6) is -0.825. The molecule has 3 aromatic rings. The SMILES string of the molecule is CCOC(=O)N1CCC(NC(=O)c2cn(C)c3c(c(C)nn3-c3ccc(F)cc3)c2=O)CC1. The standard InChI is InChI=1S/C23H26FN5O4/c1-4-33-23(32)28-11-9-16(10-12-28)25-21(31)18-13-27(3)22-19(20(18)30)14(2)26-29(22)17-7-5-15(24)6-8-17/h5-8,13,16H,4,9-12H2,1-3H3,(H,25,31). The van der Waals surface area contributed by atoms with Crippen LogP contribution in [0.1, 0.15) is 35.8 Å². The molecule has 4 rings (SSSR count). The molecule has 1 N–H and O–H groups in total. The predicted molar refractivity (Wildman–Crippen MR) is 120 cm³/mol. The van der Waals surface area contributed by atoms with Gasteiger partial charge in [-0.05, 0) is 51.0 Å². The van der Waals surface area contributed by atoms with Gasteiger partial charge in [0.1, 0.15) is 17.0 Å². The first-order valence-electron chi connectivity index (χ1n) is 10.9. The lowest BCUT2D eigenvalue weighted by atomic mass is 10.0. The molecule has 0 radical (unpaired) electrons. The Labute approximate surface area is 189 Å². The minimum Gasteiger partial charge on any atom is -0.450 e. The number of halogens is 1. The van der Waals surface area contributed by atoms with Crippen molar-refractivity contribution < 1.29 is 18.7 Å². The number of carbonyl (C=O) groups excluding carboxylic acids is 2. The number of aromatic nitrogens is 3. The predicted octanol–water partition coefficient (Wildman–Crippen LogP) is 2.52. The van der Waals surface area contributed by atoms with Crippen molar-refractivity contribution in [3.05, 3.63) is 57.8 Å². The zero-order chi connectivity index (χ0) is 23.7. The van der Waals surface area contributed by atoms with E-state index in [0.29, 0.717) is 55.0 Å². The van der Waals surface area contributed by atoms with Crippen molar-refractivity contribution in [3.8, 4) is 5.69 Å². The van der Waals surface area contributed by atoms with E-state index in [1.807, 2.05) is 0 Å². The molecule has 1 aliphatic rings. The lowest BCUT2D eigenvalue weighted by Gasteiger charge is -2.31. The molecule has 1 aliphatic heterocycles. The molecule has 1 fully saturated rings. The van der Waals surface area contributed by atoms with Gasteiger partial charge in [-0.25, -0.2) is 13.9 Å². The monoisotopic (exact) mass is 455 g/mol. The van der Waals surface area contributed by atoms with Gasteiger partial charge in [-0.15, -0.1) is 0 Å². The van der Waals surface area contributed by atoms with E-state index in [4.69, 9.17) is 4.74 Å². The molecular weight excluding hydrogens is 429 g/mol. The molecule has 33 heavy (non-hydrogen) atoms. The molecule has 1 aromatic carbocycles. The lowest BCUT2D eigenvalue weighted by Crippen LogP contribution is -2.47. The van der Waals surface area contributed by atoms with Crippen LogP contribution < -0.4 is 10.7 Å². The Balaban J connectivity index is 1.58. The zero-order valence-corrected chi connectivity index (χ0v) is 18.8. The molecule has 2 amide bonds. The second kappa shape index (κ2) is 9.05. The second-order valence-corrected chi connectivity index (χ2v) is 8.09. The second-order valence-electron chi connectivity index (χ2n) is 8.09. The quantitative estimate of drug-likeness (QED) is 0.652. The number of benzene rings is 1. The molecule has 174 valence electrons. The van der Waals surface area contributed by atoms with Gasteiger partial charge in [-0.1, -0.05) is 0 Å². The summed E-state index contributed by atoms with van der Waals surface area (Å²) in [7, 11) is 1.73. The van der Waals surface area contributed by atoms with E-state index in [2.05, 4.69) is 10.4 Å². The fraction of sp³-hybridized carbons (Fsp3) is 0.391. The van der Waals surface area contributed by atoms with Crippen molar-refractivity contribution in [2.24, 2.45) is 7.05 Å². The van der Waals surface area contributed by atoms with Crippen LogP contribution in [0.25, 0.3) is 16.7 Å². The summed E-state index contributed by atoms with van der Waals surface area (Å²) >= 11 is 0. The first-order chi connectivity index (χ1) is 15.8. The number of amides is 2. The van der Waals surface area contributed by atoms with Gasteiger partial charge in [0.2, 0.25) is 5.43 Å². The topological polar surface area (TPSA) is 98.5 Å². The number of aryl methyl sites for hydroxylation is 2. The van der Waals surface area contributed by atoms with E-state index >= 15 is 0 Å². The summed E-state index contributed by atoms with van der Waals surface area (Å²) in [6.07, 6.45) is 2.30. The van der Waals surface area contributed by atoms with Crippen LogP contribution in [0.5, 0.6) is 0 Å². The van der Waals surface area contributed by atoms with Gasteiger partial charge in [-0.2, -0.15) is 5.10 Å². The summed E-state index contributed by atoms with van der Waals surface area (Å²) in [6, 6.07) is 5.66. The van der Waals surface area contributed by atoms with Crippen LogP contribution in [0.2, 0.25) is 0 Å². The first kappa shape index (κ1) is 22.5. The molecule has 10 heteroatoms. The van der Waals surface area contributed by atoms with E-state index < -0.39 is 11.3 Å². The minimum atomic E-state index is -0.457. The third-order valence-electron chi connectivity index (χ3n) is 5.84. The van der Waals surface area contributed by atoms with Gasteiger partial charge in [-0.3, -0.25) is 9.59 Å². The molecule has 0 unspecified atom stereocenters. The van der Waals surface area contributed by atoms with Crippen molar-refractivity contribution in [1.29, 1.82) is 0 Å². The zero-order valence-electron chi connectivity index (χ0n) is 18.8. The fourth-order valence-corrected chi connectivity index (χ4v) is 4.16. The van der Waals surface area contributed by atoms with Crippen molar-refractivity contribution in [2.45, 2.75) is 32.7 Å². The summed E-state index contributed by atoms with van der Waals surface area (Å²) in [5.41, 5.74) is 1.22. The van der Waals surface area contributed by atoms with Crippen LogP contribution in [-0.4, -0.2) is 57.0 Å². The largest absolute Gasteiger partial charge is 0.450 e. The third-order valence-corrected chi connectivity index (χ3v) is 5.84. The van der Waals surface area contributed by atoms with Crippen LogP contribution in [0.3, 0.4) is 0 Å². The van der Waals surface area contributed by atoms with Gasteiger partial charge in [0.25, 0.3) is 5.91 Å². The molecule has 0 spiro atoms. The number of piperidine rings is 1. The number of nitrogens with zero attached hydrogens (tertiary/aromatic N) is 4. The normalized spacial score (nSPS) is 14.5. The highest BCUT2D eigenvalue weighted by atomic mass is 19.1. The Morgan fingerprint density at radius 2 is 1.88 bits per heavy atom. The number of carbonyl (C=O) groups is 2. The third kappa shape index (κ3) is 4.33. The molecule has 0 bridgehead atoms. The number of nitrogens with one attached hydrogen (secondary N) is 1. The van der Waals surface area contributed by atoms with Gasteiger partial charge < -0.3 is 19.5 Å². The average molecular weight is 455 g/mol. The number of hydrogen-bond acceptors (Lipinski definition) is 5. The van der Waals surface area contributed by atoms with Gasteiger partial charge in [0.05, 0.1) is 23.4 Å². The van der Waals surface area contributed by atoms with Gasteiger partial charge in [0, 0.05) is 32.4 Å². The number of ether oxygens (including phenoxy) is 1. The van der Waals surface area contributed by atoms with E-state index in [0.717, 1.165) is 0 Å². The Morgan fingerprint density at radius 3 is 2.52 bits per heavy atom. The van der Waals surface area contributed by atoms with E-state index in [-0.39, 0.29) is 23.5 Å². The summed E-state index contributed by atoms with van der Waals surface area (Å²) < 4.78 is 21.6. The van der Waals surface area contributed by atoms with Crippen molar-refractivity contribution in [1.82, 2.24) is 24.6 Å². The highest BCUT2D eigenvalue weighted by Gasteiger charge is 2.27. The molecule has 1 saturated heterocycles. The Bertz CT molecular complexity index is 1260. The van der Waals surface area contributed by atoms with E-state index in [9.17, 15) is 18.8 Å². The van der Waals surface area contributed by atoms with Crippen molar-refractivity contribution in [3.63, 3.8) is 0 Å². The van der Waals surface area contributed by atoms with Crippen LogP contribution in [0.4, 0.5) is 9.18 Å². The molecular formula is C23H26FN5O4. The molecule has 0 saturated carbocycles. The molecule has 2 aromatic heterocycles. The van der Waals surface area contributed by atoms with Crippen molar-refractivity contribution in [2.75, 3.05) is 19.7 Å². The Kier molecular flexibility index (Phi) is 6.17. The first-order valence-corrected chi connectivity index (χ1v) is 10.9. The number of fused-ring (bicyclic) bond motifs is 1. The minimum absolute atomic E-state index is 0.0274. The average Bonchev–Trinajstić information content (AvgIpc) is 3.15. The van der Waals surface area contributed by atoms with Gasteiger partial charge >= 0.3 is 6.09 Å². The number of hydrogen-bond donors (Lipinski definition) is 1. The fourth-order valence-electron chi connectivity index (χ4n) is 4.16. The molecule has 0 atom stereocenters. The molecule has 0 aliphatic carbocycles. The Hall–Kier alpha value is -3.69. The lowest BCUT2D eigenvalue weighted by molar-refractivity contribution is 0.0859. The summed E-state index contributed by atoms with van der Waals surface area (Å²) in [6.45, 7) is 4.73. The maximum absolute atomic E-state index is 13.3. The van der Waals surface area contributed by atoms with E-state index in [1.165, 1.54) is 18.3 Å². The van der Waals surface area contributed by atoms with Crippen molar-refractivity contribution >= 4 is 23.0 Å². The maximum Gasteiger partial charge on any atom is 0.409 e. The molecule has 3 heterocycles. The van der Waals surface area contributed by atoms with E-state index in [1.54, 1.807) is 47.2 Å². The highest BCUT2D eigenvalue weighted by molar-refractivity contribution is 5.97. The molecule has 9 nitrogen and oxygen atoms in total. The van der Waals surface area contributed by atoms with Crippen LogP contribution in [0, 0.1) is 12.7 Å². The number of pyridine rings is 1. The van der Waals surface area contributed by atoms with Crippen LogP contribution in [-0.2, 0) is 11.8 Å². The maximum atomic E-state index is 13.3. The summed E-state index contributed by atoms with van der Waals surface area (Å²) in [4.78, 5) is 39.7. The Morgan fingerprint density at radius 1 is 1.21 bits per heavy atom. The van der Waals surface area contributed by atoms with Crippen LogP contribution >= 0.6 is 0 Å². The number of rotatable bonds is 4.